The Morgan fingerprint density at radius 1 is 1.31 bits per heavy atom. The van der Waals surface area contributed by atoms with Crippen LogP contribution in [-0.4, -0.2) is 21.6 Å². The average Bonchev–Trinajstić information content (AvgIpc) is 2.61. The van der Waals surface area contributed by atoms with Crippen molar-refractivity contribution in [1.29, 1.82) is 0 Å². The number of imidazole rings is 1. The number of H-pyrrole nitrogens is 1. The summed E-state index contributed by atoms with van der Waals surface area (Å²) in [6.45, 7) is 1.02. The second-order valence-corrected chi connectivity index (χ2v) is 5.17. The van der Waals surface area contributed by atoms with Gasteiger partial charge in [0.2, 0.25) is 0 Å². The van der Waals surface area contributed by atoms with E-state index in [0.29, 0.717) is 0 Å². The van der Waals surface area contributed by atoms with Crippen molar-refractivity contribution in [3.05, 3.63) is 29.0 Å². The molecule has 0 radical (unpaired) electrons. The second-order valence-electron chi connectivity index (χ2n) is 3.80. The summed E-state index contributed by atoms with van der Waals surface area (Å²) in [7, 11) is 0. The van der Waals surface area contributed by atoms with Crippen LogP contribution in [0.4, 0.5) is 0 Å². The highest BCUT2D eigenvalue weighted by molar-refractivity contribution is 7.98. The van der Waals surface area contributed by atoms with E-state index < -0.39 is 0 Å². The number of fused-ring (bicyclic) bond motifs is 1. The Hall–Kier alpha value is -0.740. The van der Waals surface area contributed by atoms with E-state index in [1.54, 1.807) is 0 Å². The third-order valence-corrected chi connectivity index (χ3v) is 3.68. The maximum Gasteiger partial charge on any atom is 0.178 e. The molecule has 16 heavy (non-hydrogen) atoms. The molecule has 1 aromatic carbocycles. The molecule has 0 saturated carbocycles. The van der Waals surface area contributed by atoms with Crippen molar-refractivity contribution >= 4 is 35.0 Å². The molecule has 0 atom stereocenters. The van der Waals surface area contributed by atoms with Crippen molar-refractivity contribution in [2.75, 3.05) is 12.0 Å². The molecule has 0 aliphatic rings. The molecule has 1 heterocycles. The number of thioether (sulfide) groups is 1. The van der Waals surface area contributed by atoms with Gasteiger partial charge in [0.05, 0.1) is 11.0 Å². The van der Waals surface area contributed by atoms with Crippen LogP contribution in [0.5, 0.6) is 0 Å². The van der Waals surface area contributed by atoms with E-state index in [9.17, 15) is 0 Å². The summed E-state index contributed by atoms with van der Waals surface area (Å²) >= 11 is 7.24. The molecule has 0 amide bonds. The quantitative estimate of drug-likeness (QED) is 0.644. The Morgan fingerprint density at radius 2 is 2.12 bits per heavy atom. The first-order valence-electron chi connectivity index (χ1n) is 5.49. The molecule has 0 aliphatic carbocycles. The normalized spacial score (nSPS) is 11.1. The number of hydrogen-bond donors (Lipinski definition) is 1. The highest BCUT2D eigenvalue weighted by Crippen LogP contribution is 2.14. The van der Waals surface area contributed by atoms with Crippen molar-refractivity contribution in [2.24, 2.45) is 0 Å². The number of benzene rings is 1. The van der Waals surface area contributed by atoms with Crippen LogP contribution in [0, 0.1) is 4.77 Å². The number of aryl methyl sites for hydroxylation is 1. The van der Waals surface area contributed by atoms with Gasteiger partial charge in [-0.1, -0.05) is 12.1 Å². The third-order valence-electron chi connectivity index (χ3n) is 2.66. The lowest BCUT2D eigenvalue weighted by Crippen LogP contribution is -1.98. The smallest absolute Gasteiger partial charge is 0.178 e. The SMILES string of the molecule is CSCCCCn1c(=S)[nH]c2ccccc21. The number of rotatable bonds is 5. The van der Waals surface area contributed by atoms with E-state index in [-0.39, 0.29) is 0 Å². The maximum atomic E-state index is 5.33. The minimum atomic E-state index is 0.838. The van der Waals surface area contributed by atoms with Gasteiger partial charge < -0.3 is 9.55 Å². The lowest BCUT2D eigenvalue weighted by molar-refractivity contribution is 0.643. The number of nitrogens with zero attached hydrogens (tertiary/aromatic N) is 1. The number of aromatic amines is 1. The van der Waals surface area contributed by atoms with Crippen molar-refractivity contribution in [2.45, 2.75) is 19.4 Å². The van der Waals surface area contributed by atoms with Gasteiger partial charge in [-0.15, -0.1) is 0 Å². The molecule has 0 bridgehead atoms. The lowest BCUT2D eigenvalue weighted by atomic mass is 10.3. The zero-order chi connectivity index (χ0) is 11.4. The van der Waals surface area contributed by atoms with Crippen LogP contribution >= 0.6 is 24.0 Å². The van der Waals surface area contributed by atoms with Crippen molar-refractivity contribution in [3.63, 3.8) is 0 Å². The summed E-state index contributed by atoms with van der Waals surface area (Å²) < 4.78 is 3.04. The van der Waals surface area contributed by atoms with Gasteiger partial charge in [0.25, 0.3) is 0 Å². The Kier molecular flexibility index (Phi) is 4.07. The fourth-order valence-corrected chi connectivity index (χ4v) is 2.64. The van der Waals surface area contributed by atoms with Crippen LogP contribution in [0.2, 0.25) is 0 Å². The first kappa shape index (κ1) is 11.7. The van der Waals surface area contributed by atoms with Crippen LogP contribution in [0.25, 0.3) is 11.0 Å². The van der Waals surface area contributed by atoms with E-state index in [4.69, 9.17) is 12.2 Å². The molecule has 2 rings (SSSR count). The maximum absolute atomic E-state index is 5.33. The topological polar surface area (TPSA) is 20.7 Å². The summed E-state index contributed by atoms with van der Waals surface area (Å²) in [6.07, 6.45) is 4.59. The molecule has 0 saturated heterocycles. The van der Waals surface area contributed by atoms with E-state index >= 15 is 0 Å². The highest BCUT2D eigenvalue weighted by atomic mass is 32.2. The van der Waals surface area contributed by atoms with Crippen LogP contribution in [0.3, 0.4) is 0 Å². The van der Waals surface area contributed by atoms with Crippen LogP contribution in [0.15, 0.2) is 24.3 Å². The zero-order valence-electron chi connectivity index (χ0n) is 9.40. The summed E-state index contributed by atoms with van der Waals surface area (Å²) in [6, 6.07) is 8.29. The molecule has 86 valence electrons. The molecular weight excluding hydrogens is 236 g/mol. The van der Waals surface area contributed by atoms with Gasteiger partial charge in [-0.3, -0.25) is 0 Å². The summed E-state index contributed by atoms with van der Waals surface area (Å²) in [5.74, 6) is 1.23. The largest absolute Gasteiger partial charge is 0.331 e. The minimum absolute atomic E-state index is 0.838. The van der Waals surface area contributed by atoms with Crippen molar-refractivity contribution < 1.29 is 0 Å². The number of nitrogens with one attached hydrogen (secondary N) is 1. The molecule has 1 aromatic heterocycles. The Labute approximate surface area is 105 Å². The monoisotopic (exact) mass is 252 g/mol. The van der Waals surface area contributed by atoms with Crippen molar-refractivity contribution in [1.82, 2.24) is 9.55 Å². The van der Waals surface area contributed by atoms with Gasteiger partial charge in [-0.2, -0.15) is 11.8 Å². The molecule has 4 heteroatoms. The van der Waals surface area contributed by atoms with Crippen LogP contribution < -0.4 is 0 Å². The Balaban J connectivity index is 2.16. The first-order chi connectivity index (χ1) is 7.83. The third kappa shape index (κ3) is 2.50. The summed E-state index contributed by atoms with van der Waals surface area (Å²) in [5, 5.41) is 0. The molecule has 0 aliphatic heterocycles. The fourth-order valence-electron chi connectivity index (χ4n) is 1.85. The number of hydrogen-bond acceptors (Lipinski definition) is 2. The van der Waals surface area contributed by atoms with Gasteiger partial charge in [-0.25, -0.2) is 0 Å². The van der Waals surface area contributed by atoms with Crippen LogP contribution in [-0.2, 0) is 6.54 Å². The summed E-state index contributed by atoms with van der Waals surface area (Å²) in [4.78, 5) is 3.24. The van der Waals surface area contributed by atoms with Gasteiger partial charge >= 0.3 is 0 Å². The summed E-state index contributed by atoms with van der Waals surface area (Å²) in [5.41, 5.74) is 2.36. The average molecular weight is 252 g/mol. The standard InChI is InChI=1S/C12H16N2S2/c1-16-9-5-4-8-14-11-7-3-2-6-10(11)13-12(14)15/h2-3,6-7H,4-5,8-9H2,1H3,(H,13,15). The fraction of sp³-hybridized carbons (Fsp3) is 0.417. The predicted molar refractivity (Wildman–Crippen MR) is 74.7 cm³/mol. The van der Waals surface area contributed by atoms with E-state index in [0.717, 1.165) is 16.8 Å². The number of unbranched alkanes of at least 4 members (excludes halogenated alkanes) is 1. The number of para-hydroxylation sites is 2. The molecular formula is C12H16N2S2. The second kappa shape index (κ2) is 5.55. The molecule has 1 N–H and O–H groups in total. The molecule has 2 aromatic rings. The van der Waals surface area contributed by atoms with Gasteiger partial charge in [0.1, 0.15) is 0 Å². The number of aromatic nitrogens is 2. The molecule has 0 unspecified atom stereocenters. The highest BCUT2D eigenvalue weighted by Gasteiger charge is 2.02. The van der Waals surface area contributed by atoms with E-state index in [1.807, 2.05) is 17.8 Å². The zero-order valence-corrected chi connectivity index (χ0v) is 11.0. The van der Waals surface area contributed by atoms with Crippen molar-refractivity contribution in [3.8, 4) is 0 Å². The van der Waals surface area contributed by atoms with Gasteiger partial charge in [0.15, 0.2) is 4.77 Å². The molecule has 0 spiro atoms. The first-order valence-corrected chi connectivity index (χ1v) is 7.29. The predicted octanol–water partition coefficient (Wildman–Crippen LogP) is 3.84. The van der Waals surface area contributed by atoms with Gasteiger partial charge in [-0.05, 0) is 49.2 Å². The van der Waals surface area contributed by atoms with Crippen LogP contribution in [0.1, 0.15) is 12.8 Å². The van der Waals surface area contributed by atoms with E-state index in [2.05, 4.69) is 34.0 Å². The minimum Gasteiger partial charge on any atom is -0.331 e. The molecule has 0 fully saturated rings. The lowest BCUT2D eigenvalue weighted by Gasteiger charge is -2.03. The van der Waals surface area contributed by atoms with E-state index in [1.165, 1.54) is 24.1 Å². The van der Waals surface area contributed by atoms with Gasteiger partial charge in [0, 0.05) is 6.54 Å². The Morgan fingerprint density at radius 3 is 2.94 bits per heavy atom. The molecule has 2 nitrogen and oxygen atoms in total. The Bertz CT molecular complexity index is 513.